The Morgan fingerprint density at radius 1 is 1.21 bits per heavy atom. The van der Waals surface area contributed by atoms with Crippen LogP contribution in [0.25, 0.3) is 0 Å². The van der Waals surface area contributed by atoms with Crippen LogP contribution in [0.3, 0.4) is 0 Å². The van der Waals surface area contributed by atoms with Gasteiger partial charge >= 0.3 is 0 Å². The molecule has 3 N–H and O–H groups in total. The predicted octanol–water partition coefficient (Wildman–Crippen LogP) is 2.44. The predicted molar refractivity (Wildman–Crippen MR) is 106 cm³/mol. The lowest BCUT2D eigenvalue weighted by atomic mass is 9.70. The highest BCUT2D eigenvalue weighted by atomic mass is 19.1. The van der Waals surface area contributed by atoms with Gasteiger partial charge in [-0.3, -0.25) is 9.59 Å². The lowest BCUT2D eigenvalue weighted by Crippen LogP contribution is -2.52. The number of amides is 2. The molecule has 1 unspecified atom stereocenters. The van der Waals surface area contributed by atoms with Crippen molar-refractivity contribution in [1.29, 1.82) is 5.26 Å². The minimum atomic E-state index is -0.964. The first-order chi connectivity index (χ1) is 13.9. The molecule has 7 heteroatoms. The molecule has 29 heavy (non-hydrogen) atoms. The highest BCUT2D eigenvalue weighted by molar-refractivity contribution is 5.88. The molecule has 155 valence electrons. The van der Waals surface area contributed by atoms with Crippen molar-refractivity contribution in [2.75, 3.05) is 13.1 Å². The summed E-state index contributed by atoms with van der Waals surface area (Å²) in [5, 5.41) is 13.0. The summed E-state index contributed by atoms with van der Waals surface area (Å²) in [6.45, 7) is 1.23. The normalized spacial score (nSPS) is 23.3. The summed E-state index contributed by atoms with van der Waals surface area (Å²) in [7, 11) is 0. The number of benzene rings is 1. The average Bonchev–Trinajstić information content (AvgIpc) is 3.22. The van der Waals surface area contributed by atoms with Crippen molar-refractivity contribution >= 4 is 11.8 Å². The SMILES string of the molecule is N#CC1(N(Cc2ccc(F)cc2)C(=O)[CH]CC2(C(N)=O)CCCCC2)CCNC1. The molecule has 0 spiro atoms. The topological polar surface area (TPSA) is 99.2 Å². The molecule has 1 saturated carbocycles. The largest absolute Gasteiger partial charge is 0.369 e. The van der Waals surface area contributed by atoms with Crippen molar-refractivity contribution in [2.24, 2.45) is 11.1 Å². The van der Waals surface area contributed by atoms with Gasteiger partial charge in [0.15, 0.2) is 0 Å². The van der Waals surface area contributed by atoms with E-state index in [0.29, 0.717) is 32.4 Å². The third-order valence-corrected chi connectivity index (χ3v) is 6.38. The zero-order chi connectivity index (χ0) is 20.9. The van der Waals surface area contributed by atoms with Gasteiger partial charge in [-0.2, -0.15) is 5.26 Å². The molecule has 0 bridgehead atoms. The minimum Gasteiger partial charge on any atom is -0.369 e. The summed E-state index contributed by atoms with van der Waals surface area (Å²) >= 11 is 0. The van der Waals surface area contributed by atoms with Crippen molar-refractivity contribution in [3.63, 3.8) is 0 Å². The molecular weight excluding hydrogens is 371 g/mol. The Kier molecular flexibility index (Phi) is 6.53. The van der Waals surface area contributed by atoms with Gasteiger partial charge < -0.3 is 16.0 Å². The molecule has 6 nitrogen and oxygen atoms in total. The minimum absolute atomic E-state index is 0.203. The number of halogens is 1. The highest BCUT2D eigenvalue weighted by Crippen LogP contribution is 2.40. The Morgan fingerprint density at radius 3 is 2.45 bits per heavy atom. The molecule has 1 aliphatic carbocycles. The molecule has 1 radical (unpaired) electrons. The molecule has 2 amide bonds. The fourth-order valence-corrected chi connectivity index (χ4v) is 4.45. The van der Waals surface area contributed by atoms with E-state index in [1.165, 1.54) is 18.6 Å². The van der Waals surface area contributed by atoms with Crippen LogP contribution in [0, 0.1) is 29.0 Å². The summed E-state index contributed by atoms with van der Waals surface area (Å²) in [6, 6.07) is 8.25. The fraction of sp³-hybridized carbons (Fsp3) is 0.545. The maximum absolute atomic E-state index is 13.3. The van der Waals surface area contributed by atoms with Crippen molar-refractivity contribution in [1.82, 2.24) is 10.2 Å². The first kappa shape index (κ1) is 21.3. The monoisotopic (exact) mass is 399 g/mol. The summed E-state index contributed by atoms with van der Waals surface area (Å²) < 4.78 is 13.3. The Bertz CT molecular complexity index is 775. The van der Waals surface area contributed by atoms with Gasteiger partial charge in [-0.15, -0.1) is 0 Å². The number of rotatable bonds is 7. The van der Waals surface area contributed by atoms with Crippen LogP contribution in [0.4, 0.5) is 4.39 Å². The molecule has 1 aromatic carbocycles. The van der Waals surface area contributed by atoms with Gasteiger partial charge in [-0.05, 0) is 49.9 Å². The first-order valence-electron chi connectivity index (χ1n) is 10.2. The standard InChI is InChI=1S/C22H28FN4O2/c23-18-6-4-17(5-7-18)14-27(22(15-24)12-13-26-16-22)19(28)8-11-21(20(25)29)9-2-1-3-10-21/h4-8,26H,1-3,9-14,16H2,(H2,25,29). The van der Waals surface area contributed by atoms with Crippen molar-refractivity contribution in [3.8, 4) is 6.07 Å². The van der Waals surface area contributed by atoms with Crippen LogP contribution < -0.4 is 11.1 Å². The van der Waals surface area contributed by atoms with Gasteiger partial charge in [0.2, 0.25) is 11.8 Å². The van der Waals surface area contributed by atoms with Crippen LogP contribution >= 0.6 is 0 Å². The van der Waals surface area contributed by atoms with Gasteiger partial charge in [0.1, 0.15) is 11.4 Å². The summed E-state index contributed by atoms with van der Waals surface area (Å²) in [6.07, 6.45) is 6.64. The van der Waals surface area contributed by atoms with Gasteiger partial charge in [0.05, 0.1) is 12.5 Å². The van der Waals surface area contributed by atoms with E-state index in [1.54, 1.807) is 17.0 Å². The van der Waals surface area contributed by atoms with Crippen LogP contribution in [0.5, 0.6) is 0 Å². The van der Waals surface area contributed by atoms with Crippen molar-refractivity contribution < 1.29 is 14.0 Å². The van der Waals surface area contributed by atoms with Crippen LogP contribution in [-0.4, -0.2) is 35.3 Å². The van der Waals surface area contributed by atoms with E-state index >= 15 is 0 Å². The molecule has 0 aromatic heterocycles. The number of carbonyl (C=O) groups is 2. The molecule has 2 fully saturated rings. The number of nitrogens with one attached hydrogen (secondary N) is 1. The number of hydrogen-bond acceptors (Lipinski definition) is 4. The van der Waals surface area contributed by atoms with Crippen LogP contribution in [-0.2, 0) is 16.1 Å². The smallest absolute Gasteiger partial charge is 0.228 e. The maximum Gasteiger partial charge on any atom is 0.228 e. The number of nitrogens with zero attached hydrogens (tertiary/aromatic N) is 2. The zero-order valence-corrected chi connectivity index (χ0v) is 16.6. The highest BCUT2D eigenvalue weighted by Gasteiger charge is 2.44. The van der Waals surface area contributed by atoms with E-state index < -0.39 is 11.0 Å². The Balaban J connectivity index is 1.79. The van der Waals surface area contributed by atoms with Crippen molar-refractivity contribution in [2.45, 2.75) is 57.0 Å². The first-order valence-corrected chi connectivity index (χ1v) is 10.2. The Labute approximate surface area is 171 Å². The average molecular weight is 399 g/mol. The summed E-state index contributed by atoms with van der Waals surface area (Å²) in [4.78, 5) is 26.9. The third kappa shape index (κ3) is 4.59. The number of primary amides is 1. The van der Waals surface area contributed by atoms with Gasteiger partial charge in [0.25, 0.3) is 0 Å². The van der Waals surface area contributed by atoms with E-state index in [1.807, 2.05) is 0 Å². The van der Waals surface area contributed by atoms with E-state index in [0.717, 1.165) is 24.8 Å². The van der Waals surface area contributed by atoms with Gasteiger partial charge in [-0.25, -0.2) is 4.39 Å². The lowest BCUT2D eigenvalue weighted by Gasteiger charge is -2.38. The summed E-state index contributed by atoms with van der Waals surface area (Å²) in [5.74, 6) is -0.994. The Hall–Kier alpha value is -2.46. The quantitative estimate of drug-likeness (QED) is 0.736. The molecule has 3 rings (SSSR count). The van der Waals surface area contributed by atoms with Crippen LogP contribution in [0.15, 0.2) is 24.3 Å². The van der Waals surface area contributed by atoms with Crippen molar-refractivity contribution in [3.05, 3.63) is 42.1 Å². The zero-order valence-electron chi connectivity index (χ0n) is 16.6. The van der Waals surface area contributed by atoms with Gasteiger partial charge in [-0.1, -0.05) is 31.4 Å². The molecule has 1 aliphatic heterocycles. The fourth-order valence-electron chi connectivity index (χ4n) is 4.45. The molecule has 1 saturated heterocycles. The van der Waals surface area contributed by atoms with Crippen LogP contribution in [0.2, 0.25) is 0 Å². The molecule has 1 heterocycles. The Morgan fingerprint density at radius 2 is 1.90 bits per heavy atom. The maximum atomic E-state index is 13.3. The molecule has 1 atom stereocenters. The molecule has 1 aromatic rings. The van der Waals surface area contributed by atoms with E-state index in [-0.39, 0.29) is 30.6 Å². The molecular formula is C22H28FN4O2. The summed E-state index contributed by atoms with van der Waals surface area (Å²) in [5.41, 5.74) is 4.80. The van der Waals surface area contributed by atoms with E-state index in [2.05, 4.69) is 11.4 Å². The van der Waals surface area contributed by atoms with E-state index in [4.69, 9.17) is 5.73 Å². The number of nitrogens with two attached hydrogens (primary N) is 1. The molecule has 2 aliphatic rings. The lowest BCUT2D eigenvalue weighted by molar-refractivity contribution is -0.134. The van der Waals surface area contributed by atoms with Crippen LogP contribution in [0.1, 0.15) is 50.5 Å². The second-order valence-electron chi connectivity index (χ2n) is 8.23. The second-order valence-corrected chi connectivity index (χ2v) is 8.23. The third-order valence-electron chi connectivity index (χ3n) is 6.38. The van der Waals surface area contributed by atoms with E-state index in [9.17, 15) is 19.2 Å². The number of nitriles is 1. The second kappa shape index (κ2) is 8.91. The van der Waals surface area contributed by atoms with Gasteiger partial charge in [0, 0.05) is 18.5 Å². The number of carbonyl (C=O) groups excluding carboxylic acids is 2. The number of hydrogen-bond donors (Lipinski definition) is 2.